The molecule has 0 bridgehead atoms. The van der Waals surface area contributed by atoms with E-state index in [0.29, 0.717) is 18.5 Å². The van der Waals surface area contributed by atoms with Crippen LogP contribution in [0.25, 0.3) is 0 Å². The smallest absolute Gasteiger partial charge is 0.391 e. The van der Waals surface area contributed by atoms with Crippen molar-refractivity contribution in [1.82, 2.24) is 14.9 Å². The number of ether oxygens (including phenoxy) is 1. The first kappa shape index (κ1) is 27.6. The predicted octanol–water partition coefficient (Wildman–Crippen LogP) is 1.87. The summed E-state index contributed by atoms with van der Waals surface area (Å²) in [4.78, 5) is 22.5. The van der Waals surface area contributed by atoms with Crippen LogP contribution < -0.4 is 16.0 Å². The number of β-amino-alcohol motifs (C(OH)–C–C–N with tert-alkyl or cyclic N) is 1. The number of methoxy groups -OCH3 is 1. The van der Waals surface area contributed by atoms with E-state index in [4.69, 9.17) is 10.5 Å². The Bertz CT molecular complexity index is 1010. The molecule has 36 heavy (non-hydrogen) atoms. The lowest BCUT2D eigenvalue weighted by Crippen LogP contribution is -2.48. The summed E-state index contributed by atoms with van der Waals surface area (Å²) in [5.74, 6) is -1.46. The summed E-state index contributed by atoms with van der Waals surface area (Å²) in [6, 6.07) is 4.64. The van der Waals surface area contributed by atoms with Crippen molar-refractivity contribution < 1.29 is 32.2 Å². The number of hydrogen-bond donors (Lipinski definition) is 3. The number of alkyl halides is 3. The number of nitrogens with two attached hydrogens (primary N) is 1. The summed E-state index contributed by atoms with van der Waals surface area (Å²) < 4.78 is 59.1. The van der Waals surface area contributed by atoms with Gasteiger partial charge in [-0.25, -0.2) is 9.97 Å². The summed E-state index contributed by atoms with van der Waals surface area (Å²) >= 11 is 0. The number of rotatable bonds is 11. The topological polar surface area (TPSA) is 117 Å². The Kier molecular flexibility index (Phi) is 9.40. The number of anilines is 2. The Balaban J connectivity index is 1.69. The average molecular weight is 515 g/mol. The van der Waals surface area contributed by atoms with Gasteiger partial charge >= 0.3 is 6.18 Å². The van der Waals surface area contributed by atoms with Crippen molar-refractivity contribution >= 4 is 17.5 Å². The number of carbonyl (C=O) groups excluding carboxylic acids is 1. The van der Waals surface area contributed by atoms with Crippen LogP contribution in [0.3, 0.4) is 0 Å². The standard InChI is InChI=1S/C23H30F4N6O3/c1-36-9-8-33(11-15-2-4-17(5-3-15)23(25,26)27)22-20(24)21(30-14-31-22)29-10-16-6-7-32(12-18(16)34)13-19(28)35/h2-5,14,16,18,34H,6-13H2,1H3,(H2,28,35)(H,29,30,31)/t16-,18+/m1/s1. The highest BCUT2D eigenvalue weighted by Gasteiger charge is 2.30. The number of aliphatic hydroxyl groups excluding tert-OH is 1. The van der Waals surface area contributed by atoms with E-state index in [1.165, 1.54) is 25.6 Å². The minimum atomic E-state index is -4.44. The zero-order valence-electron chi connectivity index (χ0n) is 19.8. The molecule has 198 valence electrons. The fourth-order valence-electron chi connectivity index (χ4n) is 4.06. The lowest BCUT2D eigenvalue weighted by Gasteiger charge is -2.35. The van der Waals surface area contributed by atoms with Crippen LogP contribution in [0.1, 0.15) is 17.5 Å². The number of aliphatic hydroxyl groups is 1. The van der Waals surface area contributed by atoms with Gasteiger partial charge in [-0.2, -0.15) is 17.6 Å². The molecule has 2 atom stereocenters. The van der Waals surface area contributed by atoms with Gasteiger partial charge in [0.15, 0.2) is 11.6 Å². The number of hydrogen-bond acceptors (Lipinski definition) is 8. The van der Waals surface area contributed by atoms with Crippen LogP contribution in [0.2, 0.25) is 0 Å². The van der Waals surface area contributed by atoms with E-state index in [-0.39, 0.29) is 56.9 Å². The lowest BCUT2D eigenvalue weighted by atomic mass is 9.93. The molecule has 9 nitrogen and oxygen atoms in total. The monoisotopic (exact) mass is 514 g/mol. The minimum Gasteiger partial charge on any atom is -0.391 e. The van der Waals surface area contributed by atoms with E-state index in [1.54, 1.807) is 9.80 Å². The molecule has 0 unspecified atom stereocenters. The van der Waals surface area contributed by atoms with Crippen LogP contribution >= 0.6 is 0 Å². The third-order valence-corrected chi connectivity index (χ3v) is 6.01. The van der Waals surface area contributed by atoms with Crippen molar-refractivity contribution in [2.24, 2.45) is 11.7 Å². The first-order chi connectivity index (χ1) is 17.1. The number of aromatic nitrogens is 2. The van der Waals surface area contributed by atoms with Gasteiger partial charge < -0.3 is 25.8 Å². The first-order valence-corrected chi connectivity index (χ1v) is 11.4. The molecular formula is C23H30F4N6O3. The van der Waals surface area contributed by atoms with Gasteiger partial charge in [0.05, 0.1) is 24.8 Å². The summed E-state index contributed by atoms with van der Waals surface area (Å²) in [5.41, 5.74) is 4.98. The summed E-state index contributed by atoms with van der Waals surface area (Å²) in [5, 5.41) is 13.3. The fraction of sp³-hybridized carbons (Fsp3) is 0.522. The van der Waals surface area contributed by atoms with Gasteiger partial charge in [0.2, 0.25) is 11.7 Å². The lowest BCUT2D eigenvalue weighted by molar-refractivity contribution is -0.137. The van der Waals surface area contributed by atoms with Crippen molar-refractivity contribution in [3.63, 3.8) is 0 Å². The van der Waals surface area contributed by atoms with Crippen LogP contribution in [0.15, 0.2) is 30.6 Å². The number of primary amides is 1. The van der Waals surface area contributed by atoms with Crippen molar-refractivity contribution in [3.8, 4) is 0 Å². The fourth-order valence-corrected chi connectivity index (χ4v) is 4.06. The molecule has 0 spiro atoms. The quantitative estimate of drug-likeness (QED) is 0.389. The van der Waals surface area contributed by atoms with Gasteiger partial charge in [0.25, 0.3) is 0 Å². The Morgan fingerprint density at radius 3 is 2.64 bits per heavy atom. The zero-order valence-corrected chi connectivity index (χ0v) is 19.8. The predicted molar refractivity (Wildman–Crippen MR) is 125 cm³/mol. The third kappa shape index (κ3) is 7.48. The molecule has 13 heteroatoms. The maximum Gasteiger partial charge on any atom is 0.416 e. The van der Waals surface area contributed by atoms with Crippen LogP contribution in [0.4, 0.5) is 29.2 Å². The molecule has 1 aliphatic rings. The summed E-state index contributed by atoms with van der Waals surface area (Å²) in [7, 11) is 1.49. The number of amides is 1. The third-order valence-electron chi connectivity index (χ3n) is 6.01. The molecule has 2 aromatic rings. The molecule has 1 amide bonds. The number of nitrogens with one attached hydrogen (secondary N) is 1. The molecule has 0 radical (unpaired) electrons. The molecule has 4 N–H and O–H groups in total. The van der Waals surface area contributed by atoms with Gasteiger partial charge in [-0.1, -0.05) is 12.1 Å². The van der Waals surface area contributed by atoms with E-state index in [1.807, 2.05) is 0 Å². The van der Waals surface area contributed by atoms with Gasteiger partial charge in [-0.3, -0.25) is 9.69 Å². The highest BCUT2D eigenvalue weighted by Crippen LogP contribution is 2.30. The van der Waals surface area contributed by atoms with Crippen molar-refractivity contribution in [1.29, 1.82) is 0 Å². The van der Waals surface area contributed by atoms with Crippen LogP contribution in [0, 0.1) is 11.7 Å². The first-order valence-electron chi connectivity index (χ1n) is 11.4. The molecule has 1 saturated heterocycles. The van der Waals surface area contributed by atoms with Crippen molar-refractivity contribution in [2.75, 3.05) is 56.7 Å². The van der Waals surface area contributed by atoms with E-state index < -0.39 is 29.6 Å². The summed E-state index contributed by atoms with van der Waals surface area (Å²) in [6.45, 7) is 1.75. The highest BCUT2D eigenvalue weighted by atomic mass is 19.4. The molecule has 1 aromatic carbocycles. The number of benzene rings is 1. The Labute approximate surface area is 206 Å². The number of carbonyl (C=O) groups is 1. The second-order valence-corrected chi connectivity index (χ2v) is 8.67. The number of halogens is 4. The van der Waals surface area contributed by atoms with Crippen LogP contribution in [-0.4, -0.2) is 78.4 Å². The van der Waals surface area contributed by atoms with Crippen LogP contribution in [-0.2, 0) is 22.3 Å². The Hall–Kier alpha value is -3.03. The molecule has 0 aliphatic carbocycles. The molecule has 1 aromatic heterocycles. The van der Waals surface area contributed by atoms with E-state index in [2.05, 4.69) is 15.3 Å². The molecule has 1 aliphatic heterocycles. The van der Waals surface area contributed by atoms with E-state index in [0.717, 1.165) is 12.1 Å². The largest absolute Gasteiger partial charge is 0.416 e. The normalized spacial score (nSPS) is 18.7. The summed E-state index contributed by atoms with van der Waals surface area (Å²) in [6.07, 6.45) is -3.40. The van der Waals surface area contributed by atoms with Gasteiger partial charge in [-0.05, 0) is 30.7 Å². The second kappa shape index (κ2) is 12.3. The highest BCUT2D eigenvalue weighted by molar-refractivity contribution is 5.75. The Morgan fingerprint density at radius 2 is 2.03 bits per heavy atom. The van der Waals surface area contributed by atoms with Gasteiger partial charge in [0, 0.05) is 39.2 Å². The zero-order chi connectivity index (χ0) is 26.3. The number of nitrogens with zero attached hydrogens (tertiary/aromatic N) is 4. The molecule has 3 rings (SSSR count). The average Bonchev–Trinajstić information content (AvgIpc) is 2.81. The van der Waals surface area contributed by atoms with Gasteiger partial charge in [-0.15, -0.1) is 0 Å². The second-order valence-electron chi connectivity index (χ2n) is 8.67. The maximum absolute atomic E-state index is 15.4. The Morgan fingerprint density at radius 1 is 1.31 bits per heavy atom. The van der Waals surface area contributed by atoms with E-state index >= 15 is 4.39 Å². The molecular weight excluding hydrogens is 484 g/mol. The molecule has 0 saturated carbocycles. The maximum atomic E-state index is 15.4. The molecule has 1 fully saturated rings. The molecule has 2 heterocycles. The minimum absolute atomic E-state index is 0.0266. The SMILES string of the molecule is COCCN(Cc1ccc(C(F)(F)F)cc1)c1ncnc(NC[C@H]2CCN(CC(N)=O)C[C@@H]2O)c1F. The van der Waals surface area contributed by atoms with Crippen LogP contribution in [0.5, 0.6) is 0 Å². The van der Waals surface area contributed by atoms with Crippen molar-refractivity contribution in [2.45, 2.75) is 25.2 Å². The van der Waals surface area contributed by atoms with Gasteiger partial charge in [0.1, 0.15) is 6.33 Å². The number of piperidine rings is 1. The number of likely N-dealkylation sites (tertiary alicyclic amines) is 1. The van der Waals surface area contributed by atoms with E-state index in [9.17, 15) is 23.1 Å². The van der Waals surface area contributed by atoms with Crippen molar-refractivity contribution in [3.05, 3.63) is 47.5 Å².